The van der Waals surface area contributed by atoms with Gasteiger partial charge < -0.3 is 9.15 Å². The van der Waals surface area contributed by atoms with E-state index in [9.17, 15) is 22.8 Å². The van der Waals surface area contributed by atoms with Gasteiger partial charge in [-0.15, -0.1) is 0 Å². The molecular formula is C28H32O8S. The summed E-state index contributed by atoms with van der Waals surface area (Å²) in [5, 5.41) is 0. The number of furan rings is 1. The Morgan fingerprint density at radius 3 is 2.68 bits per heavy atom. The molecule has 2 fully saturated rings. The fraction of sp³-hybridized carbons (Fsp3) is 0.536. The minimum Gasteiger partial charge on any atom is -0.457 e. The maximum atomic E-state index is 13.9. The summed E-state index contributed by atoms with van der Waals surface area (Å²) in [5.74, 6) is -1.64. The average molecular weight is 529 g/mol. The average Bonchev–Trinajstić information content (AvgIpc) is 3.44. The maximum absolute atomic E-state index is 13.9. The highest BCUT2D eigenvalue weighted by Crippen LogP contribution is 2.67. The summed E-state index contributed by atoms with van der Waals surface area (Å²) in [7, 11) is -3.89. The third kappa shape index (κ3) is 3.89. The number of rotatable bonds is 6. The van der Waals surface area contributed by atoms with Crippen LogP contribution in [0.2, 0.25) is 0 Å². The molecule has 198 valence electrons. The van der Waals surface area contributed by atoms with Crippen molar-refractivity contribution in [3.8, 4) is 0 Å². The molecule has 0 radical (unpaired) electrons. The third-order valence-electron chi connectivity index (χ3n) is 9.28. The highest BCUT2D eigenvalue weighted by atomic mass is 32.2. The van der Waals surface area contributed by atoms with Gasteiger partial charge in [0.25, 0.3) is 10.1 Å². The van der Waals surface area contributed by atoms with E-state index in [1.54, 1.807) is 18.2 Å². The number of ether oxygens (including phenoxy) is 1. The molecule has 0 unspecified atom stereocenters. The number of carbonyl (C=O) groups is 3. The molecule has 5 rings (SSSR count). The Morgan fingerprint density at radius 2 is 2.00 bits per heavy atom. The molecule has 2 saturated carbocycles. The molecule has 1 heterocycles. The second kappa shape index (κ2) is 8.63. The lowest BCUT2D eigenvalue weighted by atomic mass is 9.51. The lowest BCUT2D eigenvalue weighted by Gasteiger charge is -2.54. The van der Waals surface area contributed by atoms with Crippen molar-refractivity contribution in [2.24, 2.45) is 28.6 Å². The first-order chi connectivity index (χ1) is 17.3. The second-order valence-electron chi connectivity index (χ2n) is 11.3. The minimum atomic E-state index is -3.89. The van der Waals surface area contributed by atoms with E-state index in [0.717, 1.165) is 24.7 Å². The number of carbonyl (C=O) groups excluding carboxylic acids is 3. The first-order valence-corrected chi connectivity index (χ1v) is 14.4. The monoisotopic (exact) mass is 528 g/mol. The van der Waals surface area contributed by atoms with Crippen molar-refractivity contribution in [1.82, 2.24) is 0 Å². The fourth-order valence-electron chi connectivity index (χ4n) is 7.58. The number of esters is 1. The zero-order valence-electron chi connectivity index (χ0n) is 21.5. The third-order valence-corrected chi connectivity index (χ3v) is 9.83. The first kappa shape index (κ1) is 25.9. The molecule has 0 bridgehead atoms. The van der Waals surface area contributed by atoms with Crippen LogP contribution in [-0.4, -0.2) is 44.4 Å². The summed E-state index contributed by atoms with van der Waals surface area (Å²) in [5.41, 5.74) is -0.432. The Morgan fingerprint density at radius 1 is 1.24 bits per heavy atom. The predicted molar refractivity (Wildman–Crippen MR) is 134 cm³/mol. The van der Waals surface area contributed by atoms with Gasteiger partial charge in [-0.05, 0) is 68.7 Å². The first-order valence-electron chi connectivity index (χ1n) is 12.6. The van der Waals surface area contributed by atoms with Crippen LogP contribution in [0, 0.1) is 28.6 Å². The second-order valence-corrected chi connectivity index (χ2v) is 12.9. The van der Waals surface area contributed by atoms with Crippen LogP contribution in [0.5, 0.6) is 0 Å². The molecule has 0 spiro atoms. The van der Waals surface area contributed by atoms with Crippen LogP contribution in [0.4, 0.5) is 0 Å². The van der Waals surface area contributed by atoms with Crippen molar-refractivity contribution in [1.29, 1.82) is 0 Å². The largest absolute Gasteiger partial charge is 0.457 e. The van der Waals surface area contributed by atoms with Gasteiger partial charge in [0, 0.05) is 16.7 Å². The Balaban J connectivity index is 1.58. The molecule has 4 aliphatic rings. The van der Waals surface area contributed by atoms with Crippen molar-refractivity contribution in [3.05, 3.63) is 59.6 Å². The molecule has 0 aliphatic heterocycles. The van der Waals surface area contributed by atoms with Crippen LogP contribution in [0.3, 0.4) is 0 Å². The molecule has 8 nitrogen and oxygen atoms in total. The summed E-state index contributed by atoms with van der Waals surface area (Å²) < 4.78 is 39.8. The van der Waals surface area contributed by atoms with Crippen molar-refractivity contribution in [3.63, 3.8) is 0 Å². The van der Waals surface area contributed by atoms with Crippen LogP contribution in [0.1, 0.15) is 57.0 Å². The summed E-state index contributed by atoms with van der Waals surface area (Å²) in [6.07, 6.45) is 12.4. The molecule has 9 heteroatoms. The standard InChI is InChI=1S/C28H32O8S/c1-17-14-22-20-8-7-18-15-19(29)9-11-26(18,2)21(20)10-12-27(22,3)28(17,24(30)16-35-37(4,32)33)36-25(31)23-6-5-13-34-23/h5-6,9-11,13,15,17,20,22H,7-8,12,14,16H2,1-4H3/t17-,20-,22+,26+,27+,28+/m1/s1. The molecule has 6 atom stereocenters. The summed E-state index contributed by atoms with van der Waals surface area (Å²) in [4.78, 5) is 39.2. The Bertz CT molecular complexity index is 1350. The van der Waals surface area contributed by atoms with Crippen molar-refractivity contribution in [2.75, 3.05) is 12.9 Å². The SMILES string of the molecule is C[C@@H]1C[C@H]2[C@@H]3CCC4=CC(=O)C=C[C@]4(C)C3=CC[C@]2(C)[C@@]1(OC(=O)c1ccco1)C(=O)COS(C)(=O)=O. The molecule has 4 aliphatic carbocycles. The van der Waals surface area contributed by atoms with Gasteiger partial charge in [-0.2, -0.15) is 8.42 Å². The van der Waals surface area contributed by atoms with Crippen LogP contribution in [-0.2, 0) is 28.6 Å². The number of allylic oxidation sites excluding steroid dienone is 6. The smallest absolute Gasteiger partial charge is 0.375 e. The van der Waals surface area contributed by atoms with Gasteiger partial charge in [-0.3, -0.25) is 13.8 Å². The van der Waals surface area contributed by atoms with Gasteiger partial charge in [-0.1, -0.05) is 37.1 Å². The summed E-state index contributed by atoms with van der Waals surface area (Å²) in [6.45, 7) is 5.27. The van der Waals surface area contributed by atoms with Crippen LogP contribution >= 0.6 is 0 Å². The number of Topliss-reactive ketones (excluding diaryl/α,β-unsaturated/α-hetero) is 1. The Labute approximate surface area is 216 Å². The zero-order valence-corrected chi connectivity index (χ0v) is 22.3. The fourth-order valence-corrected chi connectivity index (χ4v) is 7.90. The van der Waals surface area contributed by atoms with E-state index in [1.165, 1.54) is 17.9 Å². The molecular weight excluding hydrogens is 496 g/mol. The molecule has 0 aromatic carbocycles. The molecule has 0 saturated heterocycles. The molecule has 1 aromatic rings. The van der Waals surface area contributed by atoms with Crippen molar-refractivity contribution < 1.29 is 36.1 Å². The van der Waals surface area contributed by atoms with Gasteiger partial charge in [0.15, 0.2) is 11.4 Å². The highest BCUT2D eigenvalue weighted by Gasteiger charge is 2.70. The van der Waals surface area contributed by atoms with E-state index in [-0.39, 0.29) is 28.8 Å². The van der Waals surface area contributed by atoms with E-state index in [4.69, 9.17) is 13.3 Å². The Kier molecular flexibility index (Phi) is 6.03. The van der Waals surface area contributed by atoms with Gasteiger partial charge in [0.2, 0.25) is 11.5 Å². The lowest BCUT2D eigenvalue weighted by Crippen LogP contribution is -2.60. The number of ketones is 2. The highest BCUT2D eigenvalue weighted by molar-refractivity contribution is 7.86. The van der Waals surface area contributed by atoms with Crippen molar-refractivity contribution >= 4 is 27.7 Å². The normalized spacial score (nSPS) is 36.6. The van der Waals surface area contributed by atoms with E-state index < -0.39 is 45.4 Å². The lowest BCUT2D eigenvalue weighted by molar-refractivity contribution is -0.162. The quantitative estimate of drug-likeness (QED) is 0.306. The van der Waals surface area contributed by atoms with E-state index in [1.807, 2.05) is 19.9 Å². The zero-order chi connectivity index (χ0) is 26.8. The summed E-state index contributed by atoms with van der Waals surface area (Å²) >= 11 is 0. The van der Waals surface area contributed by atoms with Crippen LogP contribution in [0.25, 0.3) is 0 Å². The molecule has 37 heavy (non-hydrogen) atoms. The van der Waals surface area contributed by atoms with Gasteiger partial charge in [0.05, 0.1) is 12.5 Å². The predicted octanol–water partition coefficient (Wildman–Crippen LogP) is 4.19. The molecule has 1 aromatic heterocycles. The Hall–Kier alpha value is -2.78. The maximum Gasteiger partial charge on any atom is 0.375 e. The number of hydrogen-bond donors (Lipinski definition) is 0. The summed E-state index contributed by atoms with van der Waals surface area (Å²) in [6, 6.07) is 3.03. The van der Waals surface area contributed by atoms with Gasteiger partial charge in [-0.25, -0.2) is 4.79 Å². The van der Waals surface area contributed by atoms with Crippen LogP contribution < -0.4 is 0 Å². The number of fused-ring (bicyclic) bond motifs is 5. The van der Waals surface area contributed by atoms with Crippen LogP contribution in [0.15, 0.2) is 58.3 Å². The van der Waals surface area contributed by atoms with E-state index in [0.29, 0.717) is 12.8 Å². The van der Waals surface area contributed by atoms with Gasteiger partial charge in [0.1, 0.15) is 6.61 Å². The van der Waals surface area contributed by atoms with E-state index in [2.05, 4.69) is 13.0 Å². The number of hydrogen-bond acceptors (Lipinski definition) is 8. The van der Waals surface area contributed by atoms with E-state index >= 15 is 0 Å². The van der Waals surface area contributed by atoms with Crippen molar-refractivity contribution in [2.45, 2.75) is 52.1 Å². The molecule has 0 N–H and O–H groups in total. The topological polar surface area (TPSA) is 117 Å². The minimum absolute atomic E-state index is 0.00140. The van der Waals surface area contributed by atoms with Gasteiger partial charge >= 0.3 is 5.97 Å². The molecule has 0 amide bonds.